The van der Waals surface area contributed by atoms with Crippen molar-refractivity contribution in [3.05, 3.63) is 107 Å². The Labute approximate surface area is 333 Å². The van der Waals surface area contributed by atoms with Crippen LogP contribution in [0.1, 0.15) is 83.2 Å². The number of fused-ring (bicyclic) bond motifs is 2. The van der Waals surface area contributed by atoms with Gasteiger partial charge in [-0.05, 0) is 123 Å². The minimum atomic E-state index is -4.19. The molecular formula is C42H40F2N2O10S2. The zero-order valence-electron chi connectivity index (χ0n) is 32.0. The first kappa shape index (κ1) is 40.5. The molecule has 0 aliphatic heterocycles. The summed E-state index contributed by atoms with van der Waals surface area (Å²) in [5.74, 6) is -1.05. The van der Waals surface area contributed by atoms with E-state index in [0.717, 1.165) is 43.8 Å². The van der Waals surface area contributed by atoms with Crippen molar-refractivity contribution < 1.29 is 53.5 Å². The predicted octanol–water partition coefficient (Wildman–Crippen LogP) is 8.89. The Hall–Kier alpha value is -5.74. The van der Waals surface area contributed by atoms with Crippen molar-refractivity contribution in [2.24, 2.45) is 0 Å². The molecule has 2 aliphatic carbocycles. The molecule has 2 aromatic heterocycles. The molecular weight excluding hydrogens is 795 g/mol. The van der Waals surface area contributed by atoms with Gasteiger partial charge < -0.3 is 24.0 Å². The van der Waals surface area contributed by atoms with Crippen molar-refractivity contribution in [1.29, 1.82) is 0 Å². The first-order valence-corrected chi connectivity index (χ1v) is 22.2. The Bertz CT molecular complexity index is 2760. The fourth-order valence-electron chi connectivity index (χ4n) is 6.98. The molecule has 6 aromatic rings. The van der Waals surface area contributed by atoms with Crippen LogP contribution >= 0.6 is 0 Å². The lowest BCUT2D eigenvalue weighted by Crippen LogP contribution is -2.35. The molecule has 0 saturated heterocycles. The van der Waals surface area contributed by atoms with Gasteiger partial charge in [-0.2, -0.15) is 3.71 Å². The van der Waals surface area contributed by atoms with E-state index in [1.165, 1.54) is 42.5 Å². The topological polar surface area (TPSA) is 176 Å². The maximum absolute atomic E-state index is 13.5. The summed E-state index contributed by atoms with van der Waals surface area (Å²) in [7, 11) is -8.37. The van der Waals surface area contributed by atoms with Crippen molar-refractivity contribution in [3.8, 4) is 22.6 Å². The molecule has 0 spiro atoms. The van der Waals surface area contributed by atoms with Gasteiger partial charge in [-0.25, -0.2) is 35.2 Å². The number of anilines is 2. The summed E-state index contributed by atoms with van der Waals surface area (Å²) in [4.78, 5) is 25.4. The molecule has 8 rings (SSSR count). The number of benzene rings is 4. The number of nitrogens with two attached hydrogens (primary N) is 1. The van der Waals surface area contributed by atoms with Gasteiger partial charge in [-0.1, -0.05) is 0 Å². The van der Waals surface area contributed by atoms with E-state index in [4.69, 9.17) is 24.0 Å². The number of ether oxygens (including phenoxy) is 2. The van der Waals surface area contributed by atoms with Crippen LogP contribution in [0.4, 0.5) is 20.2 Å². The number of hydrogen-bond donors (Lipinski definition) is 1. The fraction of sp³-hybridized carbons (Fsp3) is 0.286. The molecule has 4 aromatic carbocycles. The number of carbonyl (C=O) groups is 2. The summed E-state index contributed by atoms with van der Waals surface area (Å²) in [6.45, 7) is 3.78. The zero-order chi connectivity index (χ0) is 41.7. The minimum absolute atomic E-state index is 0.0372. The Kier molecular flexibility index (Phi) is 10.8. The number of hydrogen-bond acceptors (Lipinski definition) is 11. The smallest absolute Gasteiger partial charge is 0.342 e. The third kappa shape index (κ3) is 8.16. The number of nitrogen functional groups attached to an aromatic ring is 1. The molecule has 2 saturated carbocycles. The second kappa shape index (κ2) is 15.5. The molecule has 0 atom stereocenters. The molecule has 0 bridgehead atoms. The highest BCUT2D eigenvalue weighted by molar-refractivity contribution is 8.09. The van der Waals surface area contributed by atoms with Gasteiger partial charge in [0, 0.05) is 39.7 Å². The van der Waals surface area contributed by atoms with Gasteiger partial charge in [-0.3, -0.25) is 0 Å². The number of sulfonamides is 2. The van der Waals surface area contributed by atoms with E-state index in [1.807, 2.05) is 6.07 Å². The summed E-state index contributed by atoms with van der Waals surface area (Å²) in [5, 5.41) is 1.05. The van der Waals surface area contributed by atoms with Gasteiger partial charge in [0.2, 0.25) is 20.0 Å². The van der Waals surface area contributed by atoms with E-state index in [1.54, 1.807) is 38.1 Å². The molecule has 304 valence electrons. The van der Waals surface area contributed by atoms with Gasteiger partial charge >= 0.3 is 11.9 Å². The molecule has 0 radical (unpaired) electrons. The van der Waals surface area contributed by atoms with Crippen LogP contribution < -0.4 is 9.44 Å². The fourth-order valence-corrected chi connectivity index (χ4v) is 9.97. The van der Waals surface area contributed by atoms with Crippen LogP contribution in [0.25, 0.3) is 44.6 Å². The minimum Gasteiger partial charge on any atom is -0.462 e. The number of halogens is 2. The highest BCUT2D eigenvalue weighted by atomic mass is 32.3. The van der Waals surface area contributed by atoms with Crippen LogP contribution in [-0.4, -0.2) is 54.5 Å². The van der Waals surface area contributed by atoms with Crippen LogP contribution in [0.15, 0.2) is 81.6 Å². The summed E-state index contributed by atoms with van der Waals surface area (Å²) < 4.78 is 99.1. The SMILES string of the molecule is CCOC(=O)c1c(-c2ccc(F)cc2)oc2cc(N(S(C)(=O)=O)S(C)(=O)=O)c(C3CC3)cc12.CCOC(=O)c1c(-c2ccc(F)cc2)oc2cc(N)c(C3CC3)cc12. The molecule has 16 heteroatoms. The Morgan fingerprint density at radius 2 is 1.07 bits per heavy atom. The monoisotopic (exact) mass is 834 g/mol. The Balaban J connectivity index is 0.000000183. The second-order valence-corrected chi connectivity index (χ2v) is 18.1. The normalized spacial score (nSPS) is 14.2. The summed E-state index contributed by atoms with van der Waals surface area (Å²) in [6.07, 6.45) is 5.32. The number of esters is 2. The van der Waals surface area contributed by atoms with Crippen LogP contribution in [0.2, 0.25) is 0 Å². The molecule has 12 nitrogen and oxygen atoms in total. The lowest BCUT2D eigenvalue weighted by molar-refractivity contribution is 0.0519. The van der Waals surface area contributed by atoms with Gasteiger partial charge in [0.25, 0.3) is 0 Å². The largest absolute Gasteiger partial charge is 0.462 e. The molecule has 0 unspecified atom stereocenters. The van der Waals surface area contributed by atoms with E-state index >= 15 is 0 Å². The van der Waals surface area contributed by atoms with Crippen LogP contribution in [0.3, 0.4) is 0 Å². The number of carbonyl (C=O) groups excluding carboxylic acids is 2. The summed E-state index contributed by atoms with van der Waals surface area (Å²) in [5.41, 5.74) is 10.5. The standard InChI is InChI=1S/C22H22FNO7S2.C20H18FNO3/c1-4-30-22(25)20-17-11-16(13-5-6-13)18(24(32(2,26)27)33(3,28)29)12-19(17)31-21(20)14-7-9-15(23)10-8-14;1-2-24-20(23)18-15-9-14(11-3-4-11)16(22)10-17(15)25-19(18)12-5-7-13(21)8-6-12/h7-13H,4-6H2,1-3H3;5-11H,2-4,22H2,1H3. The summed E-state index contributed by atoms with van der Waals surface area (Å²) >= 11 is 0. The lowest BCUT2D eigenvalue weighted by Gasteiger charge is -2.22. The third-order valence-corrected chi connectivity index (χ3v) is 13.0. The molecule has 2 heterocycles. The maximum Gasteiger partial charge on any atom is 0.342 e. The first-order chi connectivity index (χ1) is 27.5. The van der Waals surface area contributed by atoms with Crippen LogP contribution in [0.5, 0.6) is 0 Å². The maximum atomic E-state index is 13.5. The van der Waals surface area contributed by atoms with E-state index < -0.39 is 37.8 Å². The average Bonchev–Trinajstić information content (AvgIpc) is 4.09. The van der Waals surface area contributed by atoms with Crippen LogP contribution in [0, 0.1) is 11.6 Å². The van der Waals surface area contributed by atoms with E-state index in [9.17, 15) is 35.2 Å². The number of furan rings is 2. The van der Waals surface area contributed by atoms with E-state index in [0.29, 0.717) is 59.7 Å². The quantitative estimate of drug-likeness (QED) is 0.0974. The van der Waals surface area contributed by atoms with Gasteiger partial charge in [0.05, 0.1) is 31.4 Å². The van der Waals surface area contributed by atoms with E-state index in [-0.39, 0.29) is 47.5 Å². The van der Waals surface area contributed by atoms with E-state index in [2.05, 4.69) is 0 Å². The molecule has 2 fully saturated rings. The Morgan fingerprint density at radius 3 is 1.47 bits per heavy atom. The Morgan fingerprint density at radius 1 is 0.672 bits per heavy atom. The molecule has 58 heavy (non-hydrogen) atoms. The van der Waals surface area contributed by atoms with Gasteiger partial charge in [-0.15, -0.1) is 0 Å². The molecule has 2 N–H and O–H groups in total. The highest BCUT2D eigenvalue weighted by Crippen LogP contribution is 2.49. The predicted molar refractivity (Wildman–Crippen MR) is 216 cm³/mol. The lowest BCUT2D eigenvalue weighted by atomic mass is 10.0. The van der Waals surface area contributed by atoms with Gasteiger partial charge in [0.1, 0.15) is 45.4 Å². The summed E-state index contributed by atoms with van der Waals surface area (Å²) in [6, 6.07) is 17.8. The second-order valence-electron chi connectivity index (χ2n) is 14.2. The van der Waals surface area contributed by atoms with Crippen molar-refractivity contribution >= 4 is 65.3 Å². The zero-order valence-corrected chi connectivity index (χ0v) is 33.6. The molecule has 0 amide bonds. The van der Waals surface area contributed by atoms with Gasteiger partial charge in [0.15, 0.2) is 0 Å². The number of rotatable bonds is 11. The van der Waals surface area contributed by atoms with Crippen molar-refractivity contribution in [2.75, 3.05) is 35.2 Å². The number of nitrogens with zero attached hydrogens (tertiary/aromatic N) is 1. The first-order valence-electron chi connectivity index (χ1n) is 18.5. The highest BCUT2D eigenvalue weighted by Gasteiger charge is 2.37. The van der Waals surface area contributed by atoms with Crippen LogP contribution in [-0.2, 0) is 29.5 Å². The average molecular weight is 835 g/mol. The van der Waals surface area contributed by atoms with Crippen molar-refractivity contribution in [3.63, 3.8) is 0 Å². The van der Waals surface area contributed by atoms with Crippen molar-refractivity contribution in [2.45, 2.75) is 51.4 Å². The van der Waals surface area contributed by atoms with Crippen molar-refractivity contribution in [1.82, 2.24) is 0 Å². The third-order valence-electron chi connectivity index (χ3n) is 9.74. The molecule has 2 aliphatic rings.